The maximum atomic E-state index is 13.6. The fourth-order valence-electron chi connectivity index (χ4n) is 1.34. The van der Waals surface area contributed by atoms with E-state index in [4.69, 9.17) is 5.73 Å². The third-order valence-corrected chi connectivity index (χ3v) is 2.25. The van der Waals surface area contributed by atoms with Crippen LogP contribution in [0.4, 0.5) is 15.8 Å². The standard InChI is InChI=1S/C8H8FN3O2/c9-8(2-3-8)7-6(12(13)14)5(10)1-4-11-7/h1,4H,2-3H2,(H2,10,11). The normalized spacial score (nSPS) is 17.8. The van der Waals surface area contributed by atoms with Gasteiger partial charge < -0.3 is 5.73 Å². The minimum absolute atomic E-state index is 0.0380. The molecule has 6 heteroatoms. The van der Waals surface area contributed by atoms with E-state index < -0.39 is 16.3 Å². The molecule has 0 aliphatic heterocycles. The molecule has 0 unspecified atom stereocenters. The Hall–Kier alpha value is -1.72. The Bertz CT molecular complexity index is 404. The van der Waals surface area contributed by atoms with Crippen molar-refractivity contribution in [3.8, 4) is 0 Å². The Morgan fingerprint density at radius 1 is 1.64 bits per heavy atom. The molecule has 5 nitrogen and oxygen atoms in total. The lowest BCUT2D eigenvalue weighted by Gasteiger charge is -2.06. The topological polar surface area (TPSA) is 82.0 Å². The van der Waals surface area contributed by atoms with Crippen LogP contribution in [-0.4, -0.2) is 9.91 Å². The van der Waals surface area contributed by atoms with E-state index in [0.29, 0.717) is 0 Å². The molecule has 74 valence electrons. The van der Waals surface area contributed by atoms with Crippen LogP contribution in [0.5, 0.6) is 0 Å². The molecule has 0 aromatic carbocycles. The van der Waals surface area contributed by atoms with Crippen LogP contribution >= 0.6 is 0 Å². The Kier molecular flexibility index (Phi) is 1.67. The minimum atomic E-state index is -1.63. The van der Waals surface area contributed by atoms with Crippen LogP contribution in [0, 0.1) is 10.1 Å². The molecule has 1 saturated carbocycles. The predicted molar refractivity (Wildman–Crippen MR) is 47.3 cm³/mol. The second kappa shape index (κ2) is 2.63. The summed E-state index contributed by atoms with van der Waals surface area (Å²) >= 11 is 0. The lowest BCUT2D eigenvalue weighted by molar-refractivity contribution is -0.385. The number of alkyl halides is 1. The number of aromatic nitrogens is 1. The van der Waals surface area contributed by atoms with Gasteiger partial charge >= 0.3 is 5.69 Å². The van der Waals surface area contributed by atoms with Gasteiger partial charge in [-0.1, -0.05) is 0 Å². The van der Waals surface area contributed by atoms with E-state index in [0.717, 1.165) is 0 Å². The summed E-state index contributed by atoms with van der Waals surface area (Å²) in [4.78, 5) is 13.7. The van der Waals surface area contributed by atoms with E-state index in [2.05, 4.69) is 4.98 Å². The maximum absolute atomic E-state index is 13.6. The fourth-order valence-corrected chi connectivity index (χ4v) is 1.34. The average molecular weight is 197 g/mol. The first-order valence-corrected chi connectivity index (χ1v) is 4.13. The molecule has 1 aliphatic carbocycles. The second-order valence-corrected chi connectivity index (χ2v) is 3.32. The molecular weight excluding hydrogens is 189 g/mol. The summed E-state index contributed by atoms with van der Waals surface area (Å²) in [5, 5.41) is 10.6. The van der Waals surface area contributed by atoms with Gasteiger partial charge in [0.1, 0.15) is 5.69 Å². The number of rotatable bonds is 2. The van der Waals surface area contributed by atoms with Crippen molar-refractivity contribution in [3.63, 3.8) is 0 Å². The number of nitrogens with two attached hydrogens (primary N) is 1. The van der Waals surface area contributed by atoms with Crippen LogP contribution in [0.3, 0.4) is 0 Å². The first-order chi connectivity index (χ1) is 6.54. The van der Waals surface area contributed by atoms with Crippen LogP contribution in [0.1, 0.15) is 18.5 Å². The highest BCUT2D eigenvalue weighted by Gasteiger charge is 2.51. The molecule has 0 radical (unpaired) electrons. The molecule has 0 spiro atoms. The van der Waals surface area contributed by atoms with Crippen LogP contribution in [0.2, 0.25) is 0 Å². The molecule has 1 aromatic heterocycles. The van der Waals surface area contributed by atoms with E-state index in [1.165, 1.54) is 12.3 Å². The van der Waals surface area contributed by atoms with Crippen molar-refractivity contribution >= 4 is 11.4 Å². The molecule has 0 bridgehead atoms. The SMILES string of the molecule is Nc1ccnc(C2(F)CC2)c1[N+](=O)[O-]. The number of hydrogen-bond donors (Lipinski definition) is 1. The smallest absolute Gasteiger partial charge is 0.316 e. The van der Waals surface area contributed by atoms with Crippen molar-refractivity contribution in [1.29, 1.82) is 0 Å². The largest absolute Gasteiger partial charge is 0.393 e. The zero-order valence-electron chi connectivity index (χ0n) is 7.24. The van der Waals surface area contributed by atoms with Crippen LogP contribution in [-0.2, 0) is 5.67 Å². The predicted octanol–water partition coefficient (Wildman–Crippen LogP) is 1.53. The van der Waals surface area contributed by atoms with Gasteiger partial charge in [0.2, 0.25) is 0 Å². The van der Waals surface area contributed by atoms with Gasteiger partial charge in [0, 0.05) is 6.20 Å². The highest BCUT2D eigenvalue weighted by atomic mass is 19.1. The first-order valence-electron chi connectivity index (χ1n) is 4.13. The van der Waals surface area contributed by atoms with Crippen LogP contribution in [0.15, 0.2) is 12.3 Å². The monoisotopic (exact) mass is 197 g/mol. The van der Waals surface area contributed by atoms with Crippen molar-refractivity contribution in [3.05, 3.63) is 28.1 Å². The molecule has 1 aromatic rings. The highest BCUT2D eigenvalue weighted by Crippen LogP contribution is 2.52. The molecule has 1 aliphatic rings. The molecule has 0 saturated heterocycles. The van der Waals surface area contributed by atoms with Crippen molar-refractivity contribution in [2.24, 2.45) is 0 Å². The van der Waals surface area contributed by atoms with E-state index in [-0.39, 0.29) is 24.2 Å². The summed E-state index contributed by atoms with van der Waals surface area (Å²) in [5.41, 5.74) is 3.20. The summed E-state index contributed by atoms with van der Waals surface area (Å²) < 4.78 is 13.6. The Morgan fingerprint density at radius 2 is 2.29 bits per heavy atom. The van der Waals surface area contributed by atoms with Crippen molar-refractivity contribution in [2.75, 3.05) is 5.73 Å². The summed E-state index contributed by atoms with van der Waals surface area (Å²) in [6.07, 6.45) is 1.85. The fraction of sp³-hybridized carbons (Fsp3) is 0.375. The number of nitro groups is 1. The van der Waals surface area contributed by atoms with Gasteiger partial charge in [0.05, 0.1) is 4.92 Å². The average Bonchev–Trinajstić information content (AvgIpc) is 2.84. The van der Waals surface area contributed by atoms with E-state index in [1.807, 2.05) is 0 Å². The Balaban J connectivity index is 2.59. The van der Waals surface area contributed by atoms with Gasteiger partial charge in [-0.15, -0.1) is 0 Å². The lowest BCUT2D eigenvalue weighted by Crippen LogP contribution is -2.08. The number of hydrogen-bond acceptors (Lipinski definition) is 4. The van der Waals surface area contributed by atoms with Gasteiger partial charge in [0.25, 0.3) is 0 Å². The Labute approximate surface area is 78.9 Å². The van der Waals surface area contributed by atoms with Gasteiger partial charge in [-0.05, 0) is 18.9 Å². The molecule has 0 amide bonds. The molecular formula is C8H8FN3O2. The highest BCUT2D eigenvalue weighted by molar-refractivity contribution is 5.61. The maximum Gasteiger partial charge on any atom is 0.316 e. The second-order valence-electron chi connectivity index (χ2n) is 3.32. The Morgan fingerprint density at radius 3 is 2.79 bits per heavy atom. The molecule has 14 heavy (non-hydrogen) atoms. The number of nitrogens with zero attached hydrogens (tertiary/aromatic N) is 2. The lowest BCUT2D eigenvalue weighted by atomic mass is 10.1. The summed E-state index contributed by atoms with van der Waals surface area (Å²) in [5.74, 6) is 0. The minimum Gasteiger partial charge on any atom is -0.393 e. The number of halogens is 1. The number of anilines is 1. The van der Waals surface area contributed by atoms with Crippen LogP contribution < -0.4 is 5.73 Å². The van der Waals surface area contributed by atoms with Gasteiger partial charge in [-0.2, -0.15) is 0 Å². The molecule has 2 rings (SSSR count). The van der Waals surface area contributed by atoms with Crippen molar-refractivity contribution < 1.29 is 9.31 Å². The van der Waals surface area contributed by atoms with E-state index in [1.54, 1.807) is 0 Å². The quantitative estimate of drug-likeness (QED) is 0.575. The third kappa shape index (κ3) is 1.19. The summed E-state index contributed by atoms with van der Waals surface area (Å²) in [7, 11) is 0. The van der Waals surface area contributed by atoms with Gasteiger partial charge in [-0.3, -0.25) is 15.1 Å². The molecule has 1 fully saturated rings. The summed E-state index contributed by atoms with van der Waals surface area (Å²) in [6.45, 7) is 0. The number of pyridine rings is 1. The van der Waals surface area contributed by atoms with Gasteiger partial charge in [-0.25, -0.2) is 4.39 Å². The molecule has 1 heterocycles. The first kappa shape index (κ1) is 8.86. The number of nitrogen functional groups attached to an aromatic ring is 1. The summed E-state index contributed by atoms with van der Waals surface area (Å²) in [6, 6.07) is 1.30. The van der Waals surface area contributed by atoms with E-state index >= 15 is 0 Å². The van der Waals surface area contributed by atoms with E-state index in [9.17, 15) is 14.5 Å². The van der Waals surface area contributed by atoms with Gasteiger partial charge in [0.15, 0.2) is 11.4 Å². The van der Waals surface area contributed by atoms with Crippen molar-refractivity contribution in [1.82, 2.24) is 4.98 Å². The molecule has 0 atom stereocenters. The molecule has 2 N–H and O–H groups in total. The third-order valence-electron chi connectivity index (χ3n) is 2.25. The van der Waals surface area contributed by atoms with Crippen molar-refractivity contribution in [2.45, 2.75) is 18.5 Å². The zero-order valence-corrected chi connectivity index (χ0v) is 7.24. The zero-order chi connectivity index (χ0) is 10.3. The van der Waals surface area contributed by atoms with Crippen LogP contribution in [0.25, 0.3) is 0 Å².